The van der Waals surface area contributed by atoms with Gasteiger partial charge in [0.05, 0.1) is 6.10 Å². The summed E-state index contributed by atoms with van der Waals surface area (Å²) >= 11 is 0. The zero-order valence-electron chi connectivity index (χ0n) is 84.2. The molecule has 1 N–H and O–H groups in total. The number of benzene rings is 10. The second-order valence-electron chi connectivity index (χ2n) is 32.1. The zero-order valence-corrected chi connectivity index (χ0v) is 84.2. The lowest BCUT2D eigenvalue weighted by molar-refractivity contribution is -0.140. The molecule has 0 spiro atoms. The molecule has 0 aliphatic heterocycles. The van der Waals surface area contributed by atoms with Crippen molar-refractivity contribution in [1.29, 1.82) is 0 Å². The predicted octanol–water partition coefficient (Wildman–Crippen LogP) is 21.9. The first-order valence-electron chi connectivity index (χ1n) is 45.8. The number of ketones is 4. The van der Waals surface area contributed by atoms with Gasteiger partial charge in [-0.25, -0.2) is 47.9 Å². The number of allylic oxidation sites excluding steroid dienone is 4. The Morgan fingerprint density at radius 3 is 0.600 bits per heavy atom. The van der Waals surface area contributed by atoms with E-state index in [1.54, 1.807) is 310 Å². The highest BCUT2D eigenvalue weighted by atomic mass is 16.6. The lowest BCUT2D eigenvalue weighted by Gasteiger charge is -2.08. The number of esters is 10. The smallest absolute Gasteiger partial charge is 0.338 e. The van der Waals surface area contributed by atoms with Crippen molar-refractivity contribution in [2.24, 2.45) is 0 Å². The van der Waals surface area contributed by atoms with Crippen molar-refractivity contribution in [2.75, 3.05) is 52.9 Å². The van der Waals surface area contributed by atoms with Crippen LogP contribution in [0.15, 0.2) is 396 Å². The molecule has 0 aliphatic rings. The Bertz CT molecular complexity index is 6690. The maximum atomic E-state index is 12.4. The molecule has 0 bridgehead atoms. The first-order valence-corrected chi connectivity index (χ1v) is 45.8. The van der Waals surface area contributed by atoms with Gasteiger partial charge in [-0.2, -0.15) is 0 Å². The molecule has 0 heterocycles. The Labute approximate surface area is 870 Å². The van der Waals surface area contributed by atoms with E-state index in [1.807, 2.05) is 12.1 Å². The molecule has 772 valence electrons. The van der Waals surface area contributed by atoms with Crippen molar-refractivity contribution in [1.82, 2.24) is 0 Å². The Hall–Kier alpha value is -19.2. The molecule has 0 saturated heterocycles. The third-order valence-corrected chi connectivity index (χ3v) is 19.1. The van der Waals surface area contributed by atoms with Gasteiger partial charge in [0.15, 0.2) is 23.1 Å². The largest absolute Gasteiger partial charge is 0.490 e. The normalized spacial score (nSPS) is 10.6. The van der Waals surface area contributed by atoms with Crippen LogP contribution in [0.3, 0.4) is 0 Å². The van der Waals surface area contributed by atoms with E-state index < -0.39 is 65.8 Å². The van der Waals surface area contributed by atoms with E-state index in [2.05, 4.69) is 65.8 Å². The number of rotatable bonds is 47. The second-order valence-corrected chi connectivity index (χ2v) is 32.1. The summed E-state index contributed by atoms with van der Waals surface area (Å²) in [4.78, 5) is 163. The molecule has 0 radical (unpaired) electrons. The molecule has 0 amide bonds. The molecule has 0 aromatic heterocycles. The number of aliphatic hydroxyl groups excluding tert-OH is 1. The van der Waals surface area contributed by atoms with Crippen molar-refractivity contribution >= 4 is 113 Å². The number of carbonyl (C=O) groups is 14. The first-order chi connectivity index (χ1) is 71.5. The summed E-state index contributed by atoms with van der Waals surface area (Å²) in [6.07, 6.45) is 17.2. The van der Waals surface area contributed by atoms with E-state index in [0.29, 0.717) is 130 Å². The standard InChI is InChI=1S/C27H28O7.2C25H24O6.C23H22O5.C21H16O5/c1-19(2)26(29)33-17-15-31-23-10-5-21(6-11-23)7-14-25(28)22-8-12-24(13-9-22)32-16-18-34-27(30)20(3)4;1-17(2)24(27)30-16-15-29-21-12-8-20(9-13-21)23(26)14-7-19-5-10-22(11-6-19)31-25(28)18(3)4;1-17(2)24(27)30-16-15-29-21-10-5-19(6-11-21)7-14-23(26)20-8-12-22(13-9-20)31-25(28)18(3)4;1-15(2)22(25)27-19-10-5-17(6-11-19)7-14-21(24)18-8-12-20(13-9-18)28-23(26)16(3)4;1-3-20(23)25-17-10-5-15(6-11-17)7-14-19(22)16-8-12-18(13-9-16)26-21(24)4-2/h5-14H,1,3,15-18H2,2,4H3;2*5-14H,1,3,15-16H2,2,4H3;5-14,21,24H,1,3H2,2,4H3;3-14H,1-2H2/b5*14-7+. The minimum absolute atomic E-state index is 0.111. The first kappa shape index (κ1) is 120. The van der Waals surface area contributed by atoms with E-state index in [-0.39, 0.29) is 76.0 Å². The predicted molar refractivity (Wildman–Crippen MR) is 570 cm³/mol. The Balaban J connectivity index is 0.000000287. The van der Waals surface area contributed by atoms with Gasteiger partial charge in [0.1, 0.15) is 110 Å². The molecule has 0 fully saturated rings. The SMILES string of the molecule is C=C(C)C(=O)OCCOc1ccc(/C=C/C(=O)c2ccc(OC(=O)C(=C)C)cc2)cc1.C=C(C)C(=O)OCCOc1ccc(/C=C/C(=O)c2ccc(OCCOC(=O)C(=C)C)cc2)cc1.C=C(C)C(=O)OCCOc1ccc(C(=O)/C=C/c2ccc(OC(=O)C(=C)C)cc2)cc1.C=C(C)C(=O)Oc1ccc(/C=C/C(O)c2ccc(OC(=O)C(=C)C)cc2)cc1.C=CC(=O)Oc1ccc(/C=C/C(=O)c2ccc(OC(=O)C=C)cc2)cc1. The number of hydrogen-bond acceptors (Lipinski definition) is 29. The molecule has 1 unspecified atom stereocenters. The second kappa shape index (κ2) is 63.8. The molecule has 0 saturated carbocycles. The summed E-state index contributed by atoms with van der Waals surface area (Å²) in [5.74, 6) is -0.934. The molecule has 1 atom stereocenters. The van der Waals surface area contributed by atoms with Crippen LogP contribution in [0.2, 0.25) is 0 Å². The molecule has 10 rings (SSSR count). The summed E-state index contributed by atoms with van der Waals surface area (Å²) < 4.78 is 72.2. The summed E-state index contributed by atoms with van der Waals surface area (Å²) in [6, 6.07) is 67.0. The Kier molecular flexibility index (Phi) is 50.8. The number of aliphatic hydroxyl groups is 1. The van der Waals surface area contributed by atoms with Gasteiger partial charge in [0, 0.05) is 79.0 Å². The highest BCUT2D eigenvalue weighted by Crippen LogP contribution is 2.26. The van der Waals surface area contributed by atoms with Crippen LogP contribution >= 0.6 is 0 Å². The lowest BCUT2D eigenvalue weighted by Crippen LogP contribution is -2.12. The highest BCUT2D eigenvalue weighted by Gasteiger charge is 2.16. The maximum absolute atomic E-state index is 12.4. The summed E-state index contributed by atoms with van der Waals surface area (Å²) in [5, 5.41) is 10.3. The van der Waals surface area contributed by atoms with Crippen LogP contribution in [0.1, 0.15) is 136 Å². The minimum Gasteiger partial charge on any atom is -0.490 e. The molecular weight excluding hydrogens is 1920 g/mol. The van der Waals surface area contributed by atoms with Gasteiger partial charge in [-0.15, -0.1) is 0 Å². The third-order valence-electron chi connectivity index (χ3n) is 19.1. The highest BCUT2D eigenvalue weighted by molar-refractivity contribution is 6.09. The fraction of sp³-hybridized carbons (Fsp3) is 0.140. The van der Waals surface area contributed by atoms with Crippen LogP contribution in [0.5, 0.6) is 57.5 Å². The van der Waals surface area contributed by atoms with Gasteiger partial charge in [-0.3, -0.25) is 19.2 Å². The number of carbonyl (C=O) groups excluding carboxylic acids is 14. The Morgan fingerprint density at radius 1 is 0.227 bits per heavy atom. The van der Waals surface area contributed by atoms with Crippen molar-refractivity contribution < 1.29 is 139 Å². The topological polar surface area (TPSA) is 388 Å². The molecule has 10 aromatic rings. The van der Waals surface area contributed by atoms with E-state index in [4.69, 9.17) is 66.3 Å². The maximum Gasteiger partial charge on any atom is 0.338 e. The van der Waals surface area contributed by atoms with E-state index in [0.717, 1.165) is 40.0 Å². The molecule has 150 heavy (non-hydrogen) atoms. The van der Waals surface area contributed by atoms with Gasteiger partial charge in [-0.1, -0.05) is 175 Å². The quantitative estimate of drug-likeness (QED) is 0.00924. The van der Waals surface area contributed by atoms with Crippen LogP contribution in [0.25, 0.3) is 30.4 Å². The number of ether oxygens (including phenoxy) is 14. The summed E-state index contributed by atoms with van der Waals surface area (Å²) in [7, 11) is 0. The van der Waals surface area contributed by atoms with E-state index in [9.17, 15) is 72.2 Å². The summed E-state index contributed by atoms with van der Waals surface area (Å²) in [6.45, 7) is 48.7. The van der Waals surface area contributed by atoms with Crippen LogP contribution in [0.4, 0.5) is 0 Å². The van der Waals surface area contributed by atoms with Crippen LogP contribution < -0.4 is 47.4 Å². The monoisotopic (exact) mass is 2030 g/mol. The van der Waals surface area contributed by atoms with Crippen molar-refractivity contribution in [3.8, 4) is 57.5 Å². The van der Waals surface area contributed by atoms with Gasteiger partial charge in [0.25, 0.3) is 0 Å². The fourth-order valence-electron chi connectivity index (χ4n) is 11.0. The van der Waals surface area contributed by atoms with Crippen LogP contribution in [0, 0.1) is 0 Å². The minimum atomic E-state index is -0.827. The van der Waals surface area contributed by atoms with Gasteiger partial charge >= 0.3 is 59.7 Å². The van der Waals surface area contributed by atoms with Gasteiger partial charge < -0.3 is 71.4 Å². The van der Waals surface area contributed by atoms with E-state index in [1.165, 1.54) is 36.4 Å². The number of hydrogen-bond donors (Lipinski definition) is 1. The van der Waals surface area contributed by atoms with Gasteiger partial charge in [-0.05, 0) is 283 Å². The zero-order chi connectivity index (χ0) is 110. The Morgan fingerprint density at radius 2 is 0.400 bits per heavy atom. The average Bonchev–Trinajstić information content (AvgIpc) is 0.899. The third kappa shape index (κ3) is 46.0. The molecule has 0 aliphatic carbocycles. The van der Waals surface area contributed by atoms with E-state index >= 15 is 0 Å². The average molecular weight is 2030 g/mol. The van der Waals surface area contributed by atoms with Crippen molar-refractivity contribution in [3.63, 3.8) is 0 Å². The molecule has 10 aromatic carbocycles. The fourth-order valence-corrected chi connectivity index (χ4v) is 11.0. The van der Waals surface area contributed by atoms with Gasteiger partial charge in [0.2, 0.25) is 0 Å². The summed E-state index contributed by atoms with van der Waals surface area (Å²) in [5.41, 5.74) is 9.24. The molecule has 29 nitrogen and oxygen atoms in total. The lowest BCUT2D eigenvalue weighted by atomic mass is 10.1. The van der Waals surface area contributed by atoms with Crippen LogP contribution in [-0.4, -0.2) is 141 Å². The molecule has 29 heteroatoms. The van der Waals surface area contributed by atoms with Crippen molar-refractivity contribution in [2.45, 2.75) is 61.5 Å². The van der Waals surface area contributed by atoms with Crippen LogP contribution in [-0.2, 0) is 66.9 Å². The van der Waals surface area contributed by atoms with Crippen molar-refractivity contribution in [3.05, 3.63) is 451 Å². The molecular formula is C121H114O29.